The molecule has 1 atom stereocenters. The highest BCUT2D eigenvalue weighted by Gasteiger charge is 2.19. The Labute approximate surface area is 509 Å². The van der Waals surface area contributed by atoms with Crippen molar-refractivity contribution in [3.05, 3.63) is 207 Å². The third kappa shape index (κ3) is 66.7. The van der Waals surface area contributed by atoms with Crippen LogP contribution in [0.5, 0.6) is 0 Å². The van der Waals surface area contributed by atoms with Crippen LogP contribution in [0.15, 0.2) is 207 Å². The average Bonchev–Trinajstić information content (AvgIpc) is 3.49. The quantitative estimate of drug-likeness (QED) is 0.0261. The number of carbonyl (C=O) groups excluding carboxylic acids is 3. The fourth-order valence-corrected chi connectivity index (χ4v) is 7.94. The molecule has 83 heavy (non-hydrogen) atoms. The van der Waals surface area contributed by atoms with Crippen molar-refractivity contribution in [1.82, 2.24) is 0 Å². The summed E-state index contributed by atoms with van der Waals surface area (Å²) in [7, 11) is 0. The summed E-state index contributed by atoms with van der Waals surface area (Å²) in [5.41, 5.74) is 0. The van der Waals surface area contributed by atoms with Crippen molar-refractivity contribution in [1.29, 1.82) is 0 Å². The van der Waals surface area contributed by atoms with Gasteiger partial charge in [-0.05, 0) is 167 Å². The largest absolute Gasteiger partial charge is 0.462 e. The van der Waals surface area contributed by atoms with E-state index in [0.29, 0.717) is 19.3 Å². The molecule has 0 saturated carbocycles. The maximum atomic E-state index is 12.9. The van der Waals surface area contributed by atoms with Crippen LogP contribution < -0.4 is 0 Å². The molecule has 6 heteroatoms. The van der Waals surface area contributed by atoms with Gasteiger partial charge in [-0.3, -0.25) is 14.4 Å². The van der Waals surface area contributed by atoms with Crippen LogP contribution in [0, 0.1) is 0 Å². The highest BCUT2D eigenvalue weighted by Crippen LogP contribution is 2.12. The lowest BCUT2D eigenvalue weighted by molar-refractivity contribution is -0.167. The first-order valence-electron chi connectivity index (χ1n) is 32.6. The van der Waals surface area contributed by atoms with E-state index < -0.39 is 6.10 Å². The molecule has 0 bridgehead atoms. The van der Waals surface area contributed by atoms with Gasteiger partial charge in [0.2, 0.25) is 0 Å². The molecule has 460 valence electrons. The Hall–Kier alpha value is -6.01. The molecule has 0 aliphatic carbocycles. The predicted molar refractivity (Wildman–Crippen MR) is 361 cm³/mol. The molecular formula is C77H116O6. The molecule has 0 aromatic heterocycles. The predicted octanol–water partition coefficient (Wildman–Crippen LogP) is 22.8. The van der Waals surface area contributed by atoms with E-state index >= 15 is 0 Å². The number of unbranched alkanes of at least 4 members (excludes halogenated alkanes) is 11. The molecule has 0 amide bonds. The Bertz CT molecular complexity index is 2030. The first kappa shape index (κ1) is 77.0. The first-order chi connectivity index (χ1) is 41.0. The summed E-state index contributed by atoms with van der Waals surface area (Å²) in [5.74, 6) is -1.03. The van der Waals surface area contributed by atoms with Crippen molar-refractivity contribution in [2.45, 2.75) is 245 Å². The molecule has 0 spiro atoms. The second-order valence-electron chi connectivity index (χ2n) is 20.5. The second-order valence-corrected chi connectivity index (χ2v) is 20.5. The van der Waals surface area contributed by atoms with Gasteiger partial charge in [0.05, 0.1) is 0 Å². The molecule has 0 radical (unpaired) electrons. The number of allylic oxidation sites excluding steroid dienone is 34. The van der Waals surface area contributed by atoms with Gasteiger partial charge in [0.25, 0.3) is 0 Å². The van der Waals surface area contributed by atoms with Crippen LogP contribution in [0.1, 0.15) is 239 Å². The minimum Gasteiger partial charge on any atom is -0.462 e. The first-order valence-corrected chi connectivity index (χ1v) is 32.6. The SMILES string of the molecule is CC/C=C\C/C=C\C/C=C\C/C=C\C/C=C\C/C=C\C/C=C\C/C=C\CCCCC(=O)OCC(COC(=O)CCCCCCC/C=C\C/C=C\CCC)OC(=O)CCCCC/C=C\C/C=C\C/C=C\C/C=C\C/C=C\C/C=C\C/C=C\CC. The van der Waals surface area contributed by atoms with Crippen LogP contribution >= 0.6 is 0 Å². The summed E-state index contributed by atoms with van der Waals surface area (Å²) < 4.78 is 16.8. The van der Waals surface area contributed by atoms with E-state index in [-0.39, 0.29) is 44.0 Å². The van der Waals surface area contributed by atoms with Crippen LogP contribution in [-0.4, -0.2) is 37.2 Å². The van der Waals surface area contributed by atoms with Gasteiger partial charge in [-0.25, -0.2) is 0 Å². The zero-order chi connectivity index (χ0) is 59.9. The van der Waals surface area contributed by atoms with Gasteiger partial charge in [-0.1, -0.05) is 259 Å². The van der Waals surface area contributed by atoms with Crippen molar-refractivity contribution < 1.29 is 28.6 Å². The Morgan fingerprint density at radius 3 is 0.771 bits per heavy atom. The minimum absolute atomic E-state index is 0.125. The molecule has 0 aliphatic heterocycles. The van der Waals surface area contributed by atoms with E-state index in [0.717, 1.165) is 180 Å². The topological polar surface area (TPSA) is 78.9 Å². The van der Waals surface area contributed by atoms with Gasteiger partial charge in [0.1, 0.15) is 13.2 Å². The average molecular weight is 1140 g/mol. The fourth-order valence-electron chi connectivity index (χ4n) is 7.94. The lowest BCUT2D eigenvalue weighted by Gasteiger charge is -2.18. The molecule has 0 fully saturated rings. The van der Waals surface area contributed by atoms with Crippen molar-refractivity contribution >= 4 is 17.9 Å². The van der Waals surface area contributed by atoms with E-state index in [1.165, 1.54) is 6.42 Å². The smallest absolute Gasteiger partial charge is 0.306 e. The fraction of sp³-hybridized carbons (Fsp3) is 0.519. The van der Waals surface area contributed by atoms with Crippen molar-refractivity contribution in [2.24, 2.45) is 0 Å². The summed E-state index contributed by atoms with van der Waals surface area (Å²) in [6.45, 7) is 6.25. The summed E-state index contributed by atoms with van der Waals surface area (Å²) >= 11 is 0. The lowest BCUT2D eigenvalue weighted by Crippen LogP contribution is -2.30. The number of ether oxygens (including phenoxy) is 3. The number of rotatable bonds is 56. The standard InChI is InChI=1S/C77H116O6/c1-4-7-10-13-16-19-22-25-27-29-31-33-35-37-38-40-41-43-45-47-49-52-55-58-61-64-67-70-76(79)82-73-74(72-81-75(78)69-66-63-60-57-54-51-24-21-18-15-12-9-6-3)83-77(80)71-68-65-62-59-56-53-50-48-46-44-42-39-36-34-32-30-28-26-23-20-17-14-11-8-5-2/h7-8,10-12,15-17,19-21,24-28,31-34,37-39,41-43,46-49,53,55-56,58,74H,4-6,9,13-14,18,22-23,29-30,35-36,40,44-45,50-52,54,57,59-73H2,1-3H3/b10-7-,11-8-,15-12-,19-16-,20-17-,24-21-,27-25-,28-26-,33-31-,34-32-,38-37-,42-39-,43-41-,48-46-,49-47-,56-53-,58-55-. The molecule has 0 aromatic rings. The maximum Gasteiger partial charge on any atom is 0.306 e. The Balaban J connectivity index is 4.55. The minimum atomic E-state index is -0.835. The number of esters is 3. The molecule has 0 heterocycles. The van der Waals surface area contributed by atoms with Gasteiger partial charge < -0.3 is 14.2 Å². The summed E-state index contributed by atoms with van der Waals surface area (Å²) in [4.78, 5) is 38.3. The van der Waals surface area contributed by atoms with E-state index in [1.54, 1.807) is 0 Å². The van der Waals surface area contributed by atoms with Crippen molar-refractivity contribution in [3.63, 3.8) is 0 Å². The molecule has 0 aromatic carbocycles. The van der Waals surface area contributed by atoms with E-state index in [9.17, 15) is 14.4 Å². The summed E-state index contributed by atoms with van der Waals surface area (Å²) in [6, 6.07) is 0. The van der Waals surface area contributed by atoms with Gasteiger partial charge in [0, 0.05) is 19.3 Å². The van der Waals surface area contributed by atoms with E-state index in [2.05, 4.69) is 227 Å². The molecule has 6 nitrogen and oxygen atoms in total. The molecule has 0 aliphatic rings. The zero-order valence-electron chi connectivity index (χ0n) is 52.6. The zero-order valence-corrected chi connectivity index (χ0v) is 52.6. The van der Waals surface area contributed by atoms with Crippen molar-refractivity contribution in [2.75, 3.05) is 13.2 Å². The number of hydrogen-bond donors (Lipinski definition) is 0. The van der Waals surface area contributed by atoms with Crippen LogP contribution in [0.25, 0.3) is 0 Å². The third-order valence-electron chi connectivity index (χ3n) is 12.7. The molecule has 0 N–H and O–H groups in total. The monoisotopic (exact) mass is 1140 g/mol. The molecule has 0 saturated heterocycles. The number of hydrogen-bond acceptors (Lipinski definition) is 6. The number of carbonyl (C=O) groups is 3. The van der Waals surface area contributed by atoms with E-state index in [1.807, 2.05) is 0 Å². The highest BCUT2D eigenvalue weighted by molar-refractivity contribution is 5.71. The molecule has 1 unspecified atom stereocenters. The van der Waals surface area contributed by atoms with Gasteiger partial charge in [-0.2, -0.15) is 0 Å². The Kier molecular flexibility index (Phi) is 63.5. The van der Waals surface area contributed by atoms with Crippen LogP contribution in [0.3, 0.4) is 0 Å². The van der Waals surface area contributed by atoms with Crippen LogP contribution in [0.4, 0.5) is 0 Å². The van der Waals surface area contributed by atoms with Gasteiger partial charge in [-0.15, -0.1) is 0 Å². The Morgan fingerprint density at radius 2 is 0.470 bits per heavy atom. The van der Waals surface area contributed by atoms with E-state index in [4.69, 9.17) is 14.2 Å². The van der Waals surface area contributed by atoms with Gasteiger partial charge in [0.15, 0.2) is 6.10 Å². The molecular weight excluding hydrogens is 1020 g/mol. The van der Waals surface area contributed by atoms with Crippen LogP contribution in [0.2, 0.25) is 0 Å². The normalized spacial score (nSPS) is 13.5. The second kappa shape index (κ2) is 68.5. The lowest BCUT2D eigenvalue weighted by atomic mass is 10.1. The Morgan fingerprint density at radius 1 is 0.253 bits per heavy atom. The van der Waals surface area contributed by atoms with Gasteiger partial charge >= 0.3 is 17.9 Å². The summed E-state index contributed by atoms with van der Waals surface area (Å²) in [6.07, 6.45) is 105. The van der Waals surface area contributed by atoms with Crippen molar-refractivity contribution in [3.8, 4) is 0 Å². The summed E-state index contributed by atoms with van der Waals surface area (Å²) in [5, 5.41) is 0. The van der Waals surface area contributed by atoms with Crippen LogP contribution in [-0.2, 0) is 28.6 Å². The molecule has 0 rings (SSSR count). The third-order valence-corrected chi connectivity index (χ3v) is 12.7. The highest BCUT2D eigenvalue weighted by atomic mass is 16.6. The maximum absolute atomic E-state index is 12.9.